The molecule has 1 aromatic carbocycles. The molecule has 1 amide bonds. The molecule has 10 heteroatoms. The lowest BCUT2D eigenvalue weighted by Crippen LogP contribution is -2.43. The Kier molecular flexibility index (Phi) is 6.69. The van der Waals surface area contributed by atoms with Crippen LogP contribution < -0.4 is 14.4 Å². The quantitative estimate of drug-likeness (QED) is 0.527. The van der Waals surface area contributed by atoms with Gasteiger partial charge in [0.25, 0.3) is 5.91 Å². The third kappa shape index (κ3) is 4.65. The Hall–Kier alpha value is -2.69. The molecule has 0 spiro atoms. The molecule has 1 fully saturated rings. The Bertz CT molecular complexity index is 1040. The normalized spacial score (nSPS) is 14.7. The largest absolute Gasteiger partial charge is 0.492 e. The van der Waals surface area contributed by atoms with Gasteiger partial charge in [-0.05, 0) is 19.1 Å². The minimum atomic E-state index is -0.185. The summed E-state index contributed by atoms with van der Waals surface area (Å²) >= 11 is 1.48. The lowest BCUT2D eigenvalue weighted by molar-refractivity contribution is 0.0391. The maximum absolute atomic E-state index is 13.6. The van der Waals surface area contributed by atoms with Gasteiger partial charge in [0.15, 0.2) is 5.13 Å². The summed E-state index contributed by atoms with van der Waals surface area (Å²) in [6, 6.07) is 5.84. The number of para-hydroxylation sites is 1. The van der Waals surface area contributed by atoms with Gasteiger partial charge < -0.3 is 14.2 Å². The number of fused-ring (bicyclic) bond motifs is 1. The second kappa shape index (κ2) is 9.63. The summed E-state index contributed by atoms with van der Waals surface area (Å²) in [5.41, 5.74) is 1.18. The topological polar surface area (TPSA) is 82.0 Å². The lowest BCUT2D eigenvalue weighted by atomic mass is 10.3. The number of carbonyl (C=O) groups is 1. The fourth-order valence-corrected chi connectivity index (χ4v) is 4.57. The van der Waals surface area contributed by atoms with E-state index in [2.05, 4.69) is 10.00 Å². The Morgan fingerprint density at radius 3 is 2.87 bits per heavy atom. The van der Waals surface area contributed by atoms with Crippen molar-refractivity contribution < 1.29 is 19.0 Å². The Morgan fingerprint density at radius 1 is 1.32 bits per heavy atom. The van der Waals surface area contributed by atoms with Crippen LogP contribution in [0.2, 0.25) is 0 Å². The van der Waals surface area contributed by atoms with Crippen LogP contribution in [-0.2, 0) is 11.8 Å². The van der Waals surface area contributed by atoms with E-state index >= 15 is 0 Å². The first-order valence-corrected chi connectivity index (χ1v) is 11.1. The highest BCUT2D eigenvalue weighted by molar-refractivity contribution is 7.22. The van der Waals surface area contributed by atoms with Crippen molar-refractivity contribution in [1.82, 2.24) is 19.7 Å². The summed E-state index contributed by atoms with van der Waals surface area (Å²) < 4.78 is 19.1. The number of thiazole rings is 1. The molecule has 0 saturated carbocycles. The summed E-state index contributed by atoms with van der Waals surface area (Å²) in [4.78, 5) is 22.4. The number of amides is 1. The molecule has 3 aromatic rings. The van der Waals surface area contributed by atoms with Crippen molar-refractivity contribution in [3.63, 3.8) is 0 Å². The smallest absolute Gasteiger partial charge is 0.267 e. The number of hydrogen-bond acceptors (Lipinski definition) is 8. The summed E-state index contributed by atoms with van der Waals surface area (Å²) in [5, 5.41) is 4.87. The van der Waals surface area contributed by atoms with E-state index < -0.39 is 0 Å². The fourth-order valence-electron chi connectivity index (χ4n) is 3.56. The lowest BCUT2D eigenvalue weighted by Gasteiger charge is -2.29. The molecule has 0 unspecified atom stereocenters. The van der Waals surface area contributed by atoms with Crippen molar-refractivity contribution in [2.24, 2.45) is 7.05 Å². The maximum atomic E-state index is 13.6. The average Bonchev–Trinajstić information content (AvgIpc) is 3.38. The molecule has 31 heavy (non-hydrogen) atoms. The van der Waals surface area contributed by atoms with Gasteiger partial charge in [-0.25, -0.2) is 4.98 Å². The van der Waals surface area contributed by atoms with E-state index in [-0.39, 0.29) is 5.91 Å². The number of carbonyl (C=O) groups excluding carboxylic acids is 1. The molecule has 166 valence electrons. The van der Waals surface area contributed by atoms with Gasteiger partial charge in [-0.15, -0.1) is 5.10 Å². The number of nitrogens with zero attached hydrogens (tertiary/aromatic N) is 5. The van der Waals surface area contributed by atoms with E-state index in [0.29, 0.717) is 42.9 Å². The Labute approximate surface area is 185 Å². The highest BCUT2D eigenvalue weighted by atomic mass is 32.1. The number of aromatic nitrogens is 3. The molecule has 0 aliphatic carbocycles. The first-order valence-electron chi connectivity index (χ1n) is 10.3. The van der Waals surface area contributed by atoms with Crippen LogP contribution in [0.4, 0.5) is 5.13 Å². The zero-order valence-corrected chi connectivity index (χ0v) is 18.9. The predicted molar refractivity (Wildman–Crippen MR) is 119 cm³/mol. The molecule has 0 atom stereocenters. The van der Waals surface area contributed by atoms with Crippen LogP contribution in [0.15, 0.2) is 24.4 Å². The summed E-state index contributed by atoms with van der Waals surface area (Å²) in [5.74, 6) is 0.845. The number of ether oxygens (including phenoxy) is 3. The first kappa shape index (κ1) is 21.5. The number of anilines is 1. The van der Waals surface area contributed by atoms with Gasteiger partial charge in [-0.1, -0.05) is 17.4 Å². The molecule has 1 saturated heterocycles. The number of aryl methyl sites for hydroxylation is 1. The van der Waals surface area contributed by atoms with E-state index in [9.17, 15) is 4.79 Å². The van der Waals surface area contributed by atoms with Crippen molar-refractivity contribution in [2.75, 3.05) is 58.0 Å². The fraction of sp³-hybridized carbons (Fsp3) is 0.476. The van der Waals surface area contributed by atoms with Crippen molar-refractivity contribution in [1.29, 1.82) is 0 Å². The minimum Gasteiger partial charge on any atom is -0.492 e. The van der Waals surface area contributed by atoms with E-state index in [4.69, 9.17) is 19.2 Å². The van der Waals surface area contributed by atoms with Crippen LogP contribution in [-0.4, -0.2) is 78.7 Å². The van der Waals surface area contributed by atoms with Crippen molar-refractivity contribution in [3.05, 3.63) is 30.0 Å². The first-order chi connectivity index (χ1) is 15.1. The van der Waals surface area contributed by atoms with Crippen molar-refractivity contribution in [3.8, 4) is 11.6 Å². The van der Waals surface area contributed by atoms with Gasteiger partial charge >= 0.3 is 0 Å². The van der Waals surface area contributed by atoms with Gasteiger partial charge in [-0.3, -0.25) is 19.3 Å². The molecule has 4 rings (SSSR count). The Balaban J connectivity index is 1.68. The van der Waals surface area contributed by atoms with E-state index in [1.807, 2.05) is 25.1 Å². The van der Waals surface area contributed by atoms with Crippen LogP contribution in [0.1, 0.15) is 17.3 Å². The molecule has 0 radical (unpaired) electrons. The number of benzene rings is 1. The SMILES string of the molecule is CCOc1cccc2sc(N(CCN3CCOCC3)C(=O)c3cn(C)nc3OC)nc12. The summed E-state index contributed by atoms with van der Waals surface area (Å²) in [6.45, 7) is 6.86. The molecule has 3 heterocycles. The number of hydrogen-bond donors (Lipinski definition) is 0. The average molecular weight is 446 g/mol. The molecule has 0 N–H and O–H groups in total. The third-order valence-electron chi connectivity index (χ3n) is 5.11. The zero-order chi connectivity index (χ0) is 21.8. The monoisotopic (exact) mass is 445 g/mol. The maximum Gasteiger partial charge on any atom is 0.267 e. The standard InChI is InChI=1S/C21H27N5O4S/c1-4-30-16-6-5-7-17-18(16)22-21(31-17)26(9-8-25-10-12-29-13-11-25)20(27)15-14-24(2)23-19(15)28-3/h5-7,14H,4,8-13H2,1-3H3. The molecule has 9 nitrogen and oxygen atoms in total. The molecular formula is C21H27N5O4S. The molecule has 1 aliphatic heterocycles. The van der Waals surface area contributed by atoms with Crippen LogP contribution in [0, 0.1) is 0 Å². The molecular weight excluding hydrogens is 418 g/mol. The van der Waals surface area contributed by atoms with Gasteiger partial charge in [0.2, 0.25) is 5.88 Å². The molecule has 2 aromatic heterocycles. The number of rotatable bonds is 8. The van der Waals surface area contributed by atoms with Gasteiger partial charge in [0.05, 0.1) is 31.6 Å². The molecule has 1 aliphatic rings. The highest BCUT2D eigenvalue weighted by Gasteiger charge is 2.27. The minimum absolute atomic E-state index is 0.185. The number of methoxy groups -OCH3 is 1. The second-order valence-corrected chi connectivity index (χ2v) is 8.18. The van der Waals surface area contributed by atoms with Gasteiger partial charge in [0, 0.05) is 39.4 Å². The second-order valence-electron chi connectivity index (χ2n) is 7.17. The summed E-state index contributed by atoms with van der Waals surface area (Å²) in [6.07, 6.45) is 1.68. The van der Waals surface area contributed by atoms with Crippen LogP contribution >= 0.6 is 11.3 Å². The van der Waals surface area contributed by atoms with Crippen LogP contribution in [0.25, 0.3) is 10.2 Å². The van der Waals surface area contributed by atoms with E-state index in [1.165, 1.54) is 18.4 Å². The van der Waals surface area contributed by atoms with Gasteiger partial charge in [0.1, 0.15) is 16.8 Å². The van der Waals surface area contributed by atoms with Crippen molar-refractivity contribution in [2.45, 2.75) is 6.92 Å². The number of morpholine rings is 1. The third-order valence-corrected chi connectivity index (χ3v) is 6.15. The van der Waals surface area contributed by atoms with Gasteiger partial charge in [-0.2, -0.15) is 0 Å². The van der Waals surface area contributed by atoms with Crippen molar-refractivity contribution >= 4 is 32.6 Å². The van der Waals surface area contributed by atoms with E-state index in [1.54, 1.807) is 22.8 Å². The highest BCUT2D eigenvalue weighted by Crippen LogP contribution is 2.35. The van der Waals surface area contributed by atoms with Crippen LogP contribution in [0.3, 0.4) is 0 Å². The predicted octanol–water partition coefficient (Wildman–Crippen LogP) is 2.42. The zero-order valence-electron chi connectivity index (χ0n) is 18.0. The summed E-state index contributed by atoms with van der Waals surface area (Å²) in [7, 11) is 3.28. The van der Waals surface area contributed by atoms with Crippen LogP contribution in [0.5, 0.6) is 11.6 Å². The Morgan fingerprint density at radius 2 is 2.13 bits per heavy atom. The molecule has 0 bridgehead atoms. The van der Waals surface area contributed by atoms with E-state index in [0.717, 1.165) is 35.6 Å².